The molecule has 4 rings (SSSR count). The number of aryl methyl sites for hydroxylation is 1. The SMILES string of the molecule is O=C(NC1(c2cccs2)CCOCC1)c1noc2c1CCCC2. The summed E-state index contributed by atoms with van der Waals surface area (Å²) in [5.74, 6) is 0.769. The molecule has 1 aliphatic carbocycles. The minimum atomic E-state index is -0.343. The van der Waals surface area contributed by atoms with Crippen LogP contribution in [0.4, 0.5) is 0 Å². The van der Waals surface area contributed by atoms with Gasteiger partial charge in [0.05, 0.1) is 5.54 Å². The maximum absolute atomic E-state index is 12.9. The first-order valence-corrected chi connectivity index (χ1v) is 9.08. The summed E-state index contributed by atoms with van der Waals surface area (Å²) in [5.41, 5.74) is 1.13. The first-order chi connectivity index (χ1) is 11.3. The second kappa shape index (κ2) is 6.09. The van der Waals surface area contributed by atoms with Gasteiger partial charge in [0.2, 0.25) is 0 Å². The molecule has 3 heterocycles. The van der Waals surface area contributed by atoms with Gasteiger partial charge in [-0.3, -0.25) is 4.79 Å². The molecule has 0 spiro atoms. The molecule has 0 saturated carbocycles. The van der Waals surface area contributed by atoms with Crippen molar-refractivity contribution in [3.63, 3.8) is 0 Å². The molecule has 1 amide bonds. The number of thiophene rings is 1. The summed E-state index contributed by atoms with van der Waals surface area (Å²) in [4.78, 5) is 14.1. The van der Waals surface area contributed by atoms with E-state index in [0.717, 1.165) is 49.8 Å². The van der Waals surface area contributed by atoms with E-state index in [1.54, 1.807) is 11.3 Å². The Morgan fingerprint density at radius 1 is 1.26 bits per heavy atom. The fourth-order valence-corrected chi connectivity index (χ4v) is 4.49. The van der Waals surface area contributed by atoms with Crippen molar-refractivity contribution in [3.8, 4) is 0 Å². The van der Waals surface area contributed by atoms with Crippen molar-refractivity contribution in [2.75, 3.05) is 13.2 Å². The number of nitrogens with zero attached hydrogens (tertiary/aromatic N) is 1. The van der Waals surface area contributed by atoms with Crippen LogP contribution in [0, 0.1) is 0 Å². The summed E-state index contributed by atoms with van der Waals surface area (Å²) >= 11 is 1.68. The number of nitrogens with one attached hydrogen (secondary N) is 1. The summed E-state index contributed by atoms with van der Waals surface area (Å²) in [7, 11) is 0. The van der Waals surface area contributed by atoms with Crippen LogP contribution in [0.15, 0.2) is 22.0 Å². The molecular formula is C17H20N2O3S. The van der Waals surface area contributed by atoms with Crippen molar-refractivity contribution in [1.29, 1.82) is 0 Å². The van der Waals surface area contributed by atoms with Crippen LogP contribution in [0.25, 0.3) is 0 Å². The van der Waals surface area contributed by atoms with E-state index < -0.39 is 0 Å². The molecule has 0 atom stereocenters. The van der Waals surface area contributed by atoms with Crippen LogP contribution in [-0.4, -0.2) is 24.3 Å². The smallest absolute Gasteiger partial charge is 0.274 e. The van der Waals surface area contributed by atoms with Crippen molar-refractivity contribution in [2.24, 2.45) is 0 Å². The third-order valence-corrected chi connectivity index (χ3v) is 5.93. The van der Waals surface area contributed by atoms with Crippen LogP contribution >= 0.6 is 11.3 Å². The molecule has 5 nitrogen and oxygen atoms in total. The number of hydrogen-bond acceptors (Lipinski definition) is 5. The highest BCUT2D eigenvalue weighted by molar-refractivity contribution is 7.10. The quantitative estimate of drug-likeness (QED) is 0.938. The van der Waals surface area contributed by atoms with E-state index in [-0.39, 0.29) is 11.4 Å². The maximum Gasteiger partial charge on any atom is 0.274 e. The van der Waals surface area contributed by atoms with Gasteiger partial charge in [0.25, 0.3) is 5.91 Å². The first-order valence-electron chi connectivity index (χ1n) is 8.20. The van der Waals surface area contributed by atoms with Gasteiger partial charge in [0.1, 0.15) is 5.76 Å². The van der Waals surface area contributed by atoms with Crippen LogP contribution in [0.5, 0.6) is 0 Å². The summed E-state index contributed by atoms with van der Waals surface area (Å²) in [6.45, 7) is 1.32. The number of fused-ring (bicyclic) bond motifs is 1. The summed E-state index contributed by atoms with van der Waals surface area (Å²) < 4.78 is 10.9. The van der Waals surface area contributed by atoms with E-state index in [9.17, 15) is 4.79 Å². The third-order valence-electron chi connectivity index (χ3n) is 4.86. The summed E-state index contributed by atoms with van der Waals surface area (Å²) in [6, 6.07) is 4.12. The zero-order valence-electron chi connectivity index (χ0n) is 13.0. The second-order valence-electron chi connectivity index (χ2n) is 6.27. The molecular weight excluding hydrogens is 312 g/mol. The summed E-state index contributed by atoms with van der Waals surface area (Å²) in [6.07, 6.45) is 5.56. The van der Waals surface area contributed by atoms with E-state index >= 15 is 0 Å². The highest BCUT2D eigenvalue weighted by Gasteiger charge is 2.38. The minimum absolute atomic E-state index is 0.118. The molecule has 0 radical (unpaired) electrons. The van der Waals surface area contributed by atoms with Crippen molar-refractivity contribution in [1.82, 2.24) is 10.5 Å². The minimum Gasteiger partial charge on any atom is -0.381 e. The van der Waals surface area contributed by atoms with Crippen molar-refractivity contribution in [3.05, 3.63) is 39.4 Å². The van der Waals surface area contributed by atoms with Gasteiger partial charge in [0, 0.05) is 30.1 Å². The lowest BCUT2D eigenvalue weighted by Gasteiger charge is -2.37. The Morgan fingerprint density at radius 3 is 2.87 bits per heavy atom. The lowest BCUT2D eigenvalue weighted by Crippen LogP contribution is -2.49. The molecule has 2 aliphatic rings. The molecule has 1 fully saturated rings. The van der Waals surface area contributed by atoms with E-state index in [1.807, 2.05) is 6.07 Å². The largest absolute Gasteiger partial charge is 0.381 e. The Bertz CT molecular complexity index is 687. The predicted molar refractivity (Wildman–Crippen MR) is 86.7 cm³/mol. The number of aromatic nitrogens is 1. The van der Waals surface area contributed by atoms with Crippen LogP contribution < -0.4 is 5.32 Å². The third kappa shape index (κ3) is 2.70. The van der Waals surface area contributed by atoms with E-state index in [0.29, 0.717) is 18.9 Å². The standard InChI is InChI=1S/C17H20N2O3S/c20-16(15-12-4-1-2-5-13(12)22-19-15)18-17(7-9-21-10-8-17)14-6-3-11-23-14/h3,6,11H,1-2,4-5,7-10H2,(H,18,20). The van der Waals surface area contributed by atoms with Gasteiger partial charge in [-0.15, -0.1) is 11.3 Å². The average Bonchev–Trinajstić information content (AvgIpc) is 3.26. The van der Waals surface area contributed by atoms with Gasteiger partial charge in [-0.2, -0.15) is 0 Å². The number of hydrogen-bond donors (Lipinski definition) is 1. The lowest BCUT2D eigenvalue weighted by molar-refractivity contribution is 0.0355. The van der Waals surface area contributed by atoms with Crippen LogP contribution in [-0.2, 0) is 23.1 Å². The first kappa shape index (κ1) is 14.9. The van der Waals surface area contributed by atoms with Gasteiger partial charge >= 0.3 is 0 Å². The molecule has 1 saturated heterocycles. The Morgan fingerprint density at radius 2 is 2.09 bits per heavy atom. The zero-order valence-corrected chi connectivity index (χ0v) is 13.8. The fourth-order valence-electron chi connectivity index (χ4n) is 3.54. The van der Waals surface area contributed by atoms with E-state index in [4.69, 9.17) is 9.26 Å². The molecule has 2 aromatic heterocycles. The lowest BCUT2D eigenvalue weighted by atomic mass is 9.87. The Kier molecular flexibility index (Phi) is 3.95. The van der Waals surface area contributed by atoms with E-state index in [1.165, 1.54) is 4.88 Å². The van der Waals surface area contributed by atoms with Gasteiger partial charge in [-0.05, 0) is 43.6 Å². The molecule has 0 bridgehead atoms. The number of rotatable bonds is 3. The zero-order chi connectivity index (χ0) is 15.7. The van der Waals surface area contributed by atoms with Crippen LogP contribution in [0.2, 0.25) is 0 Å². The summed E-state index contributed by atoms with van der Waals surface area (Å²) in [5, 5.41) is 9.37. The fraction of sp³-hybridized carbons (Fsp3) is 0.529. The van der Waals surface area contributed by atoms with Gasteiger partial charge in [-0.25, -0.2) is 0 Å². The highest BCUT2D eigenvalue weighted by Crippen LogP contribution is 2.35. The van der Waals surface area contributed by atoms with Crippen LogP contribution in [0.3, 0.4) is 0 Å². The normalized spacial score (nSPS) is 20.0. The van der Waals surface area contributed by atoms with Crippen molar-refractivity contribution >= 4 is 17.2 Å². The maximum atomic E-state index is 12.9. The molecule has 0 unspecified atom stereocenters. The molecule has 122 valence electrons. The number of ether oxygens (including phenoxy) is 1. The Hall–Kier alpha value is -1.66. The average molecular weight is 332 g/mol. The van der Waals surface area contributed by atoms with Gasteiger partial charge < -0.3 is 14.6 Å². The highest BCUT2D eigenvalue weighted by atomic mass is 32.1. The topological polar surface area (TPSA) is 64.4 Å². The predicted octanol–water partition coefficient (Wildman–Crippen LogP) is 3.05. The monoisotopic (exact) mass is 332 g/mol. The Balaban J connectivity index is 1.62. The Labute approximate surface area is 139 Å². The van der Waals surface area contributed by atoms with Crippen LogP contribution in [0.1, 0.15) is 52.4 Å². The molecule has 1 N–H and O–H groups in total. The second-order valence-corrected chi connectivity index (χ2v) is 7.21. The number of carbonyl (C=O) groups is 1. The molecule has 6 heteroatoms. The number of amides is 1. The molecule has 2 aromatic rings. The molecule has 23 heavy (non-hydrogen) atoms. The van der Waals surface area contributed by atoms with Crippen molar-refractivity contribution in [2.45, 2.75) is 44.1 Å². The van der Waals surface area contributed by atoms with Gasteiger partial charge in [-0.1, -0.05) is 11.2 Å². The molecule has 1 aliphatic heterocycles. The van der Waals surface area contributed by atoms with E-state index in [2.05, 4.69) is 21.9 Å². The number of carbonyl (C=O) groups excluding carboxylic acids is 1. The van der Waals surface area contributed by atoms with Crippen molar-refractivity contribution < 1.29 is 14.1 Å². The van der Waals surface area contributed by atoms with Gasteiger partial charge in [0.15, 0.2) is 5.69 Å². The molecule has 0 aromatic carbocycles.